The van der Waals surface area contributed by atoms with E-state index in [9.17, 15) is 4.79 Å². The molecule has 7 heteroatoms. The Kier molecular flexibility index (Phi) is 5.14. The molecule has 0 aliphatic rings. The summed E-state index contributed by atoms with van der Waals surface area (Å²) >= 11 is 0. The molecule has 0 atom stereocenters. The maximum Gasteiger partial charge on any atom is 0.224 e. The third kappa shape index (κ3) is 4.39. The molecule has 0 radical (unpaired) electrons. The Morgan fingerprint density at radius 1 is 1.08 bits per heavy atom. The lowest BCUT2D eigenvalue weighted by atomic mass is 10.1. The number of hydrogen-bond donors (Lipinski definition) is 2. The van der Waals surface area contributed by atoms with Crippen LogP contribution in [0.5, 0.6) is 0 Å². The van der Waals surface area contributed by atoms with Gasteiger partial charge in [-0.3, -0.25) is 9.78 Å². The first-order chi connectivity index (χ1) is 11.8. The molecule has 7 nitrogen and oxygen atoms in total. The van der Waals surface area contributed by atoms with E-state index in [4.69, 9.17) is 0 Å². The molecule has 0 saturated carbocycles. The van der Waals surface area contributed by atoms with Crippen molar-refractivity contribution in [3.05, 3.63) is 66.9 Å². The van der Waals surface area contributed by atoms with Crippen LogP contribution in [0.3, 0.4) is 0 Å². The first kappa shape index (κ1) is 15.7. The normalized spacial score (nSPS) is 10.3. The van der Waals surface area contributed by atoms with Crippen molar-refractivity contribution in [2.75, 3.05) is 18.4 Å². The van der Waals surface area contributed by atoms with Gasteiger partial charge in [-0.05, 0) is 23.8 Å². The topological polar surface area (TPSA) is 84.7 Å². The van der Waals surface area contributed by atoms with Crippen LogP contribution in [-0.4, -0.2) is 38.7 Å². The van der Waals surface area contributed by atoms with Gasteiger partial charge in [-0.25, -0.2) is 9.67 Å². The predicted molar refractivity (Wildman–Crippen MR) is 90.8 cm³/mol. The van der Waals surface area contributed by atoms with Crippen molar-refractivity contribution in [3.63, 3.8) is 0 Å². The number of amides is 1. The summed E-state index contributed by atoms with van der Waals surface area (Å²) in [5.41, 5.74) is 1.93. The summed E-state index contributed by atoms with van der Waals surface area (Å²) in [5.74, 6) is 0.684. The van der Waals surface area contributed by atoms with Crippen LogP contribution in [0, 0.1) is 0 Å². The Balaban J connectivity index is 1.42. The standard InChI is InChI=1S/C17H18N6O/c24-17(21-10-9-20-16-13-18-7-8-19-16)12-14-2-4-15(5-3-14)23-11-1-6-22-23/h1-8,11,13H,9-10,12H2,(H,19,20)(H,21,24). The molecule has 0 spiro atoms. The zero-order chi connectivity index (χ0) is 16.6. The van der Waals surface area contributed by atoms with Crippen LogP contribution in [0.2, 0.25) is 0 Å². The molecule has 2 heterocycles. The Labute approximate surface area is 139 Å². The summed E-state index contributed by atoms with van der Waals surface area (Å²) in [6, 6.07) is 9.65. The second kappa shape index (κ2) is 7.87. The average Bonchev–Trinajstić information content (AvgIpc) is 3.15. The van der Waals surface area contributed by atoms with Crippen molar-refractivity contribution < 1.29 is 4.79 Å². The number of nitrogens with one attached hydrogen (secondary N) is 2. The summed E-state index contributed by atoms with van der Waals surface area (Å²) in [7, 11) is 0. The number of hydrogen-bond acceptors (Lipinski definition) is 5. The van der Waals surface area contributed by atoms with Gasteiger partial charge in [0.2, 0.25) is 5.91 Å². The van der Waals surface area contributed by atoms with Crippen LogP contribution in [0.15, 0.2) is 61.3 Å². The van der Waals surface area contributed by atoms with Crippen molar-refractivity contribution in [1.29, 1.82) is 0 Å². The fraction of sp³-hybridized carbons (Fsp3) is 0.176. The Morgan fingerprint density at radius 3 is 2.67 bits per heavy atom. The monoisotopic (exact) mass is 322 g/mol. The second-order valence-corrected chi connectivity index (χ2v) is 5.16. The van der Waals surface area contributed by atoms with Gasteiger partial charge in [-0.1, -0.05) is 12.1 Å². The van der Waals surface area contributed by atoms with Gasteiger partial charge in [0.1, 0.15) is 5.82 Å². The molecule has 2 N–H and O–H groups in total. The Morgan fingerprint density at radius 2 is 1.96 bits per heavy atom. The molecule has 3 rings (SSSR count). The van der Waals surface area contributed by atoms with Crippen molar-refractivity contribution in [1.82, 2.24) is 25.1 Å². The second-order valence-electron chi connectivity index (χ2n) is 5.16. The lowest BCUT2D eigenvalue weighted by Gasteiger charge is -2.08. The maximum absolute atomic E-state index is 12.0. The van der Waals surface area contributed by atoms with Crippen molar-refractivity contribution >= 4 is 11.7 Å². The highest BCUT2D eigenvalue weighted by Gasteiger charge is 2.04. The van der Waals surface area contributed by atoms with Crippen LogP contribution < -0.4 is 10.6 Å². The van der Waals surface area contributed by atoms with E-state index in [0.29, 0.717) is 25.3 Å². The SMILES string of the molecule is O=C(Cc1ccc(-n2cccn2)cc1)NCCNc1cnccn1. The van der Waals surface area contributed by atoms with Crippen molar-refractivity contribution in [2.24, 2.45) is 0 Å². The highest BCUT2D eigenvalue weighted by Crippen LogP contribution is 2.09. The van der Waals surface area contributed by atoms with Crippen molar-refractivity contribution in [3.8, 4) is 5.69 Å². The van der Waals surface area contributed by atoms with Gasteiger partial charge >= 0.3 is 0 Å². The number of carbonyl (C=O) groups is 1. The lowest BCUT2D eigenvalue weighted by Crippen LogP contribution is -2.30. The molecule has 0 fully saturated rings. The van der Waals surface area contributed by atoms with E-state index in [1.165, 1.54) is 0 Å². The van der Waals surface area contributed by atoms with E-state index in [1.807, 2.05) is 36.5 Å². The molecule has 122 valence electrons. The highest BCUT2D eigenvalue weighted by molar-refractivity contribution is 5.78. The molecule has 3 aromatic rings. The third-order valence-electron chi connectivity index (χ3n) is 3.39. The molecule has 0 aliphatic heterocycles. The van der Waals surface area contributed by atoms with E-state index < -0.39 is 0 Å². The van der Waals surface area contributed by atoms with Gasteiger partial charge in [-0.2, -0.15) is 5.10 Å². The minimum absolute atomic E-state index is 0.0113. The van der Waals surface area contributed by atoms with Gasteiger partial charge in [0.05, 0.1) is 18.3 Å². The number of benzene rings is 1. The Hall–Kier alpha value is -3.22. The minimum Gasteiger partial charge on any atom is -0.367 e. The van der Waals surface area contributed by atoms with E-state index >= 15 is 0 Å². The van der Waals surface area contributed by atoms with Crippen molar-refractivity contribution in [2.45, 2.75) is 6.42 Å². The highest BCUT2D eigenvalue weighted by atomic mass is 16.1. The average molecular weight is 322 g/mol. The van der Waals surface area contributed by atoms with Crippen LogP contribution in [0.4, 0.5) is 5.82 Å². The number of aromatic nitrogens is 4. The van der Waals surface area contributed by atoms with E-state index in [-0.39, 0.29) is 5.91 Å². The first-order valence-corrected chi connectivity index (χ1v) is 7.67. The molecule has 2 aromatic heterocycles. The summed E-state index contributed by atoms with van der Waals surface area (Å²) in [4.78, 5) is 20.0. The van der Waals surface area contributed by atoms with Crippen LogP contribution in [-0.2, 0) is 11.2 Å². The minimum atomic E-state index is -0.0113. The van der Waals surface area contributed by atoms with Gasteiger partial charge in [0, 0.05) is 37.9 Å². The molecular weight excluding hydrogens is 304 g/mol. The quantitative estimate of drug-likeness (QED) is 0.643. The molecule has 0 saturated heterocycles. The van der Waals surface area contributed by atoms with Gasteiger partial charge in [0.15, 0.2) is 0 Å². The third-order valence-corrected chi connectivity index (χ3v) is 3.39. The van der Waals surface area contributed by atoms with Crippen LogP contribution >= 0.6 is 0 Å². The van der Waals surface area contributed by atoms with Gasteiger partial charge in [-0.15, -0.1) is 0 Å². The maximum atomic E-state index is 12.0. The number of nitrogens with zero attached hydrogens (tertiary/aromatic N) is 4. The van der Waals surface area contributed by atoms with Crippen LogP contribution in [0.1, 0.15) is 5.56 Å². The molecule has 1 aromatic carbocycles. The molecule has 0 bridgehead atoms. The summed E-state index contributed by atoms with van der Waals surface area (Å²) in [6.45, 7) is 1.13. The number of anilines is 1. The molecule has 0 unspecified atom stereocenters. The fourth-order valence-electron chi connectivity index (χ4n) is 2.22. The zero-order valence-electron chi connectivity index (χ0n) is 13.1. The Bertz CT molecular complexity index is 756. The van der Waals surface area contributed by atoms with E-state index in [2.05, 4.69) is 25.7 Å². The van der Waals surface area contributed by atoms with Gasteiger partial charge in [0.25, 0.3) is 0 Å². The van der Waals surface area contributed by atoms with E-state index in [0.717, 1.165) is 11.3 Å². The molecule has 1 amide bonds. The number of carbonyl (C=O) groups excluding carboxylic acids is 1. The van der Waals surface area contributed by atoms with E-state index in [1.54, 1.807) is 29.5 Å². The summed E-state index contributed by atoms with van der Waals surface area (Å²) in [5, 5.41) is 10.1. The van der Waals surface area contributed by atoms with Crippen LogP contribution in [0.25, 0.3) is 5.69 Å². The summed E-state index contributed by atoms with van der Waals surface area (Å²) < 4.78 is 1.78. The largest absolute Gasteiger partial charge is 0.367 e. The molecule has 24 heavy (non-hydrogen) atoms. The van der Waals surface area contributed by atoms with Gasteiger partial charge < -0.3 is 10.6 Å². The zero-order valence-corrected chi connectivity index (χ0v) is 13.1. The predicted octanol–water partition coefficient (Wildman–Crippen LogP) is 1.43. The fourth-order valence-corrected chi connectivity index (χ4v) is 2.22. The number of rotatable bonds is 7. The smallest absolute Gasteiger partial charge is 0.224 e. The first-order valence-electron chi connectivity index (χ1n) is 7.67. The molecule has 0 aliphatic carbocycles. The summed E-state index contributed by atoms with van der Waals surface area (Å²) in [6.07, 6.45) is 8.84. The lowest BCUT2D eigenvalue weighted by molar-refractivity contribution is -0.120. The molecular formula is C17H18N6O.